The first-order valence-electron chi connectivity index (χ1n) is 9.48. The summed E-state index contributed by atoms with van der Waals surface area (Å²) in [6, 6.07) is 21.5. The highest BCUT2D eigenvalue weighted by atomic mass is 35.5. The summed E-state index contributed by atoms with van der Waals surface area (Å²) in [7, 11) is -2.47. The number of ether oxygens (including phenoxy) is 1. The van der Waals surface area contributed by atoms with Gasteiger partial charge in [-0.2, -0.15) is 0 Å². The van der Waals surface area contributed by atoms with Gasteiger partial charge in [-0.15, -0.1) is 0 Å². The van der Waals surface area contributed by atoms with Crippen molar-refractivity contribution < 1.29 is 9.16 Å². The molecule has 0 bridgehead atoms. The first-order chi connectivity index (χ1) is 12.4. The molecule has 2 nitrogen and oxygen atoms in total. The van der Waals surface area contributed by atoms with Gasteiger partial charge in [0.1, 0.15) is 5.56 Å². The van der Waals surface area contributed by atoms with Crippen molar-refractivity contribution in [2.45, 2.75) is 43.9 Å². The van der Waals surface area contributed by atoms with Crippen LogP contribution in [-0.4, -0.2) is 26.6 Å². The molecule has 4 heteroatoms. The summed E-state index contributed by atoms with van der Waals surface area (Å²) < 4.78 is 12.9. The summed E-state index contributed by atoms with van der Waals surface area (Å²) in [5, 5.41) is 2.62. The smallest absolute Gasteiger partial charge is 0.261 e. The molecule has 0 radical (unpaired) electrons. The highest BCUT2D eigenvalue weighted by Gasteiger charge is 2.57. The van der Waals surface area contributed by atoms with Crippen LogP contribution in [0.1, 0.15) is 27.2 Å². The van der Waals surface area contributed by atoms with Crippen LogP contribution in [0.4, 0.5) is 0 Å². The molecule has 26 heavy (non-hydrogen) atoms. The van der Waals surface area contributed by atoms with Crippen LogP contribution in [0.25, 0.3) is 0 Å². The lowest BCUT2D eigenvalue weighted by Crippen LogP contribution is -2.67. The molecule has 1 aliphatic heterocycles. The summed E-state index contributed by atoms with van der Waals surface area (Å²) in [6.07, 6.45) is 1.31. The van der Waals surface area contributed by atoms with Gasteiger partial charge in [0.25, 0.3) is 8.32 Å². The van der Waals surface area contributed by atoms with E-state index in [0.29, 0.717) is 18.4 Å². The Morgan fingerprint density at radius 2 is 1.50 bits per heavy atom. The van der Waals surface area contributed by atoms with Crippen LogP contribution in [0.3, 0.4) is 0 Å². The van der Waals surface area contributed by atoms with E-state index in [2.05, 4.69) is 81.4 Å². The van der Waals surface area contributed by atoms with E-state index >= 15 is 0 Å². The molecule has 1 saturated carbocycles. The Morgan fingerprint density at radius 3 is 1.88 bits per heavy atom. The largest absolute Gasteiger partial charge is 0.405 e. The van der Waals surface area contributed by atoms with Gasteiger partial charge in [-0.05, 0) is 27.8 Å². The number of halogens is 1. The molecule has 2 fully saturated rings. The minimum absolute atomic E-state index is 0.00235. The highest BCUT2D eigenvalue weighted by molar-refractivity contribution is 6.99. The lowest BCUT2D eigenvalue weighted by molar-refractivity contribution is 0.0221. The second kappa shape index (κ2) is 6.79. The zero-order valence-corrected chi connectivity index (χ0v) is 17.4. The first-order valence-corrected chi connectivity index (χ1v) is 11.8. The SMILES string of the molecule is CC(C)(C)[Si](OC[C@H]1O[C@H](Cl)[C@H]2C[C@H]21)(c1ccccc1)c1ccccc1. The Bertz CT molecular complexity index is 704. The van der Waals surface area contributed by atoms with Crippen LogP contribution < -0.4 is 10.4 Å². The van der Waals surface area contributed by atoms with E-state index in [0.717, 1.165) is 0 Å². The van der Waals surface area contributed by atoms with Crippen molar-refractivity contribution in [1.82, 2.24) is 0 Å². The number of rotatable bonds is 5. The number of fused-ring (bicyclic) bond motifs is 1. The molecule has 0 unspecified atom stereocenters. The number of benzene rings is 2. The van der Waals surface area contributed by atoms with Crippen LogP contribution in [-0.2, 0) is 9.16 Å². The Morgan fingerprint density at radius 1 is 0.962 bits per heavy atom. The first kappa shape index (κ1) is 18.2. The van der Waals surface area contributed by atoms with Crippen molar-refractivity contribution in [3.63, 3.8) is 0 Å². The van der Waals surface area contributed by atoms with Crippen molar-refractivity contribution in [2.24, 2.45) is 11.8 Å². The molecule has 2 aromatic carbocycles. The fraction of sp³-hybridized carbons (Fsp3) is 0.455. The lowest BCUT2D eigenvalue weighted by Gasteiger charge is -2.43. The Labute approximate surface area is 162 Å². The monoisotopic (exact) mass is 386 g/mol. The van der Waals surface area contributed by atoms with Crippen LogP contribution in [0.2, 0.25) is 5.04 Å². The van der Waals surface area contributed by atoms with Crippen molar-refractivity contribution in [3.05, 3.63) is 60.7 Å². The zero-order valence-electron chi connectivity index (χ0n) is 15.7. The van der Waals surface area contributed by atoms with Gasteiger partial charge in [-0.3, -0.25) is 0 Å². The van der Waals surface area contributed by atoms with Gasteiger partial charge in [-0.1, -0.05) is 93.0 Å². The Kier molecular flexibility index (Phi) is 4.76. The van der Waals surface area contributed by atoms with Gasteiger partial charge in [0.05, 0.1) is 12.7 Å². The summed E-state index contributed by atoms with van der Waals surface area (Å²) >= 11 is 6.31. The fourth-order valence-electron chi connectivity index (χ4n) is 4.46. The van der Waals surface area contributed by atoms with E-state index in [9.17, 15) is 0 Å². The third kappa shape index (κ3) is 3.05. The molecular formula is C22H27ClO2Si. The predicted octanol–water partition coefficient (Wildman–Crippen LogP) is 4.16. The Hall–Kier alpha value is -1.13. The van der Waals surface area contributed by atoms with Crippen LogP contribution in [0.15, 0.2) is 60.7 Å². The summed E-state index contributed by atoms with van der Waals surface area (Å²) in [4.78, 5) is 0. The maximum Gasteiger partial charge on any atom is 0.261 e. The minimum atomic E-state index is -2.47. The van der Waals surface area contributed by atoms with Gasteiger partial charge < -0.3 is 9.16 Å². The average Bonchev–Trinajstić information content (AvgIpc) is 3.37. The number of alkyl halides is 1. The second-order valence-corrected chi connectivity index (χ2v) is 13.3. The minimum Gasteiger partial charge on any atom is -0.405 e. The van der Waals surface area contributed by atoms with Gasteiger partial charge in [0.2, 0.25) is 0 Å². The Balaban J connectivity index is 1.73. The molecule has 1 aliphatic carbocycles. The van der Waals surface area contributed by atoms with Gasteiger partial charge in [-0.25, -0.2) is 0 Å². The standard InChI is InChI=1S/C22H27ClO2Si/c1-22(2,3)26(16-10-6-4-7-11-16,17-12-8-5-9-13-17)24-15-20-18-14-19(18)21(23)25-20/h4-13,18-21H,14-15H2,1-3H3/t18-,19+,20-,21+/m1/s1. The molecule has 2 aromatic rings. The molecule has 4 atom stereocenters. The molecule has 2 aliphatic rings. The zero-order chi connectivity index (χ0) is 18.4. The number of hydrogen-bond acceptors (Lipinski definition) is 2. The summed E-state index contributed by atoms with van der Waals surface area (Å²) in [5.41, 5.74) is -0.132. The van der Waals surface area contributed by atoms with E-state index < -0.39 is 8.32 Å². The van der Waals surface area contributed by atoms with Crippen LogP contribution >= 0.6 is 11.6 Å². The van der Waals surface area contributed by atoms with Crippen molar-refractivity contribution in [2.75, 3.05) is 6.61 Å². The second-order valence-electron chi connectivity index (χ2n) is 8.56. The summed E-state index contributed by atoms with van der Waals surface area (Å²) in [5.74, 6) is 1.11. The quantitative estimate of drug-likeness (QED) is 0.567. The molecule has 1 heterocycles. The maximum absolute atomic E-state index is 6.95. The van der Waals surface area contributed by atoms with Crippen LogP contribution in [0.5, 0.6) is 0 Å². The molecule has 0 aromatic heterocycles. The molecule has 0 amide bonds. The van der Waals surface area contributed by atoms with Crippen molar-refractivity contribution in [3.8, 4) is 0 Å². The van der Waals surface area contributed by atoms with Gasteiger partial charge in [0.15, 0.2) is 0 Å². The van der Waals surface area contributed by atoms with E-state index in [1.54, 1.807) is 0 Å². The molecular weight excluding hydrogens is 360 g/mol. The molecule has 4 rings (SSSR count). The van der Waals surface area contributed by atoms with Crippen molar-refractivity contribution in [1.29, 1.82) is 0 Å². The van der Waals surface area contributed by atoms with Crippen LogP contribution in [0, 0.1) is 11.8 Å². The van der Waals surface area contributed by atoms with E-state index in [4.69, 9.17) is 20.8 Å². The summed E-state index contributed by atoms with van der Waals surface area (Å²) in [6.45, 7) is 7.54. The third-order valence-electron chi connectivity index (χ3n) is 5.89. The predicted molar refractivity (Wildman–Crippen MR) is 110 cm³/mol. The van der Waals surface area contributed by atoms with E-state index in [-0.39, 0.29) is 16.7 Å². The molecule has 0 N–H and O–H groups in total. The topological polar surface area (TPSA) is 18.5 Å². The molecule has 138 valence electrons. The highest BCUT2D eigenvalue weighted by Crippen LogP contribution is 2.53. The van der Waals surface area contributed by atoms with Crippen molar-refractivity contribution >= 4 is 30.3 Å². The third-order valence-corrected chi connectivity index (χ3v) is 11.3. The molecule has 0 spiro atoms. The van der Waals surface area contributed by atoms with Gasteiger partial charge >= 0.3 is 0 Å². The van der Waals surface area contributed by atoms with Gasteiger partial charge in [0, 0.05) is 5.92 Å². The van der Waals surface area contributed by atoms with E-state index in [1.165, 1.54) is 16.8 Å². The average molecular weight is 387 g/mol. The maximum atomic E-state index is 6.95. The molecule has 1 saturated heterocycles. The normalized spacial score (nSPS) is 28.0. The fourth-order valence-corrected chi connectivity index (χ4v) is 9.46. The lowest BCUT2D eigenvalue weighted by atomic mass is 10.2. The number of hydrogen-bond donors (Lipinski definition) is 0. The van der Waals surface area contributed by atoms with E-state index in [1.807, 2.05) is 0 Å².